The highest BCUT2D eigenvalue weighted by atomic mass is 16.5. The third-order valence-electron chi connectivity index (χ3n) is 5.84. The minimum absolute atomic E-state index is 0.328. The molecule has 2 aromatic heterocycles. The number of fused-ring (bicyclic) bond motifs is 1. The molecule has 0 amide bonds. The van der Waals surface area contributed by atoms with Crippen LogP contribution in [-0.4, -0.2) is 38.8 Å². The zero-order valence-corrected chi connectivity index (χ0v) is 17.7. The number of ether oxygens (including phenoxy) is 1. The van der Waals surface area contributed by atoms with Gasteiger partial charge in [-0.05, 0) is 61.3 Å². The Bertz CT molecular complexity index is 951. The Morgan fingerprint density at radius 3 is 2.93 bits per heavy atom. The van der Waals surface area contributed by atoms with Gasteiger partial charge >= 0.3 is 0 Å². The Labute approximate surface area is 172 Å². The molecular formula is C23H31N5O. The van der Waals surface area contributed by atoms with Crippen molar-refractivity contribution in [2.24, 2.45) is 5.92 Å². The minimum Gasteiger partial charge on any atom is -0.491 e. The lowest BCUT2D eigenvalue weighted by Crippen LogP contribution is -2.35. The zero-order chi connectivity index (χ0) is 20.2. The van der Waals surface area contributed by atoms with Gasteiger partial charge in [-0.15, -0.1) is 0 Å². The van der Waals surface area contributed by atoms with Crippen molar-refractivity contribution in [3.63, 3.8) is 0 Å². The number of aromatic nitrogens is 4. The van der Waals surface area contributed by atoms with Gasteiger partial charge in [0, 0.05) is 12.7 Å². The Balaban J connectivity index is 1.50. The van der Waals surface area contributed by atoms with Crippen molar-refractivity contribution < 1.29 is 4.74 Å². The summed E-state index contributed by atoms with van der Waals surface area (Å²) in [6.07, 6.45) is 8.97. The van der Waals surface area contributed by atoms with Gasteiger partial charge in [0.25, 0.3) is 5.78 Å². The number of rotatable bonds is 8. The second-order valence-electron chi connectivity index (χ2n) is 8.26. The monoisotopic (exact) mass is 393 g/mol. The molecule has 0 aliphatic carbocycles. The Morgan fingerprint density at radius 1 is 1.21 bits per heavy atom. The van der Waals surface area contributed by atoms with Crippen LogP contribution >= 0.6 is 0 Å². The fourth-order valence-corrected chi connectivity index (χ4v) is 4.27. The normalized spacial score (nSPS) is 16.8. The average molecular weight is 394 g/mol. The Kier molecular flexibility index (Phi) is 5.97. The topological polar surface area (TPSA) is 55.5 Å². The van der Waals surface area contributed by atoms with Crippen molar-refractivity contribution in [1.82, 2.24) is 19.6 Å². The van der Waals surface area contributed by atoms with E-state index in [1.54, 1.807) is 6.33 Å². The van der Waals surface area contributed by atoms with E-state index in [9.17, 15) is 0 Å². The molecule has 1 aliphatic rings. The molecule has 1 atom stereocenters. The second kappa shape index (κ2) is 8.80. The molecule has 1 saturated heterocycles. The maximum absolute atomic E-state index is 6.40. The quantitative estimate of drug-likeness (QED) is 0.570. The van der Waals surface area contributed by atoms with Crippen LogP contribution in [0.4, 0.5) is 5.82 Å². The lowest BCUT2D eigenvalue weighted by Gasteiger charge is -2.27. The zero-order valence-electron chi connectivity index (χ0n) is 17.7. The maximum atomic E-state index is 6.40. The van der Waals surface area contributed by atoms with Gasteiger partial charge in [-0.1, -0.05) is 32.9 Å². The first-order valence-corrected chi connectivity index (χ1v) is 10.8. The van der Waals surface area contributed by atoms with E-state index in [0.717, 1.165) is 43.8 Å². The molecule has 29 heavy (non-hydrogen) atoms. The average Bonchev–Trinajstić information content (AvgIpc) is 3.39. The summed E-state index contributed by atoms with van der Waals surface area (Å²) in [6.45, 7) is 8.47. The van der Waals surface area contributed by atoms with Gasteiger partial charge < -0.3 is 9.64 Å². The van der Waals surface area contributed by atoms with E-state index in [1.165, 1.54) is 17.5 Å². The fourth-order valence-electron chi connectivity index (χ4n) is 4.27. The smallest absolute Gasteiger partial charge is 0.254 e. The van der Waals surface area contributed by atoms with Crippen molar-refractivity contribution in [2.75, 3.05) is 18.1 Å². The Morgan fingerprint density at radius 2 is 2.10 bits per heavy atom. The molecule has 0 radical (unpaired) electrons. The van der Waals surface area contributed by atoms with Crippen molar-refractivity contribution in [1.29, 1.82) is 0 Å². The highest BCUT2D eigenvalue weighted by Crippen LogP contribution is 2.29. The molecule has 0 N–H and O–H groups in total. The number of anilines is 1. The first-order chi connectivity index (χ1) is 14.2. The number of hydrogen-bond donors (Lipinski definition) is 0. The van der Waals surface area contributed by atoms with Crippen LogP contribution in [-0.2, 0) is 12.8 Å². The van der Waals surface area contributed by atoms with E-state index in [-0.39, 0.29) is 0 Å². The van der Waals surface area contributed by atoms with E-state index >= 15 is 0 Å². The molecule has 1 fully saturated rings. The second-order valence-corrected chi connectivity index (χ2v) is 8.26. The van der Waals surface area contributed by atoms with Crippen molar-refractivity contribution in [3.05, 3.63) is 47.9 Å². The summed E-state index contributed by atoms with van der Waals surface area (Å²) in [7, 11) is 0. The van der Waals surface area contributed by atoms with Gasteiger partial charge in [-0.3, -0.25) is 0 Å². The molecule has 4 rings (SSSR count). The van der Waals surface area contributed by atoms with E-state index < -0.39 is 0 Å². The van der Waals surface area contributed by atoms with Gasteiger partial charge in [0.1, 0.15) is 24.5 Å². The van der Waals surface area contributed by atoms with Crippen LogP contribution < -0.4 is 9.64 Å². The molecule has 6 heteroatoms. The van der Waals surface area contributed by atoms with Crippen LogP contribution in [0.5, 0.6) is 5.75 Å². The standard InChI is InChI=1S/C23H31N5O/c1-4-20-18(11-10-17(2)3)7-5-9-21(20)29-15-19-8-6-14-27(19)22-12-13-24-23-25-16-26-28(22)23/h5,7,9,12-13,16-17,19H,4,6,8,10-11,14-15H2,1-3H3/t19-/m1/s1. The van der Waals surface area contributed by atoms with Crippen LogP contribution in [0.3, 0.4) is 0 Å². The fraction of sp³-hybridized carbons (Fsp3) is 0.522. The molecule has 0 unspecified atom stereocenters. The highest BCUT2D eigenvalue weighted by molar-refractivity contribution is 5.47. The highest BCUT2D eigenvalue weighted by Gasteiger charge is 2.27. The van der Waals surface area contributed by atoms with E-state index in [1.807, 2.05) is 16.8 Å². The molecule has 3 heterocycles. The summed E-state index contributed by atoms with van der Waals surface area (Å²) in [5.74, 6) is 3.44. The van der Waals surface area contributed by atoms with Crippen LogP contribution in [0.2, 0.25) is 0 Å². The SMILES string of the molecule is CCc1c(CCC(C)C)cccc1OC[C@H]1CCCN1c1ccnc2ncnn12. The van der Waals surface area contributed by atoms with Gasteiger partial charge in [0.05, 0.1) is 6.04 Å². The summed E-state index contributed by atoms with van der Waals surface area (Å²) in [6, 6.07) is 8.87. The number of nitrogens with zero attached hydrogens (tertiary/aromatic N) is 5. The first-order valence-electron chi connectivity index (χ1n) is 10.8. The molecule has 154 valence electrons. The summed E-state index contributed by atoms with van der Waals surface area (Å²) < 4.78 is 8.22. The van der Waals surface area contributed by atoms with Gasteiger partial charge in [0.2, 0.25) is 0 Å². The van der Waals surface area contributed by atoms with Gasteiger partial charge in [0.15, 0.2) is 0 Å². The molecule has 1 aliphatic heterocycles. The molecular weight excluding hydrogens is 362 g/mol. The summed E-state index contributed by atoms with van der Waals surface area (Å²) >= 11 is 0. The molecule has 1 aromatic carbocycles. The number of benzene rings is 1. The van der Waals surface area contributed by atoms with Crippen LogP contribution in [0.25, 0.3) is 5.78 Å². The number of hydrogen-bond acceptors (Lipinski definition) is 5. The van der Waals surface area contributed by atoms with E-state index in [4.69, 9.17) is 4.74 Å². The lowest BCUT2D eigenvalue weighted by molar-refractivity contribution is 0.285. The van der Waals surface area contributed by atoms with Crippen molar-refractivity contribution >= 4 is 11.6 Å². The Hall–Kier alpha value is -2.63. The molecule has 3 aromatic rings. The molecule has 0 spiro atoms. The number of aryl methyl sites for hydroxylation is 1. The maximum Gasteiger partial charge on any atom is 0.254 e. The van der Waals surface area contributed by atoms with Crippen LogP contribution in [0.15, 0.2) is 36.8 Å². The van der Waals surface area contributed by atoms with Crippen molar-refractivity contribution in [3.8, 4) is 5.75 Å². The largest absolute Gasteiger partial charge is 0.491 e. The predicted molar refractivity (Wildman–Crippen MR) is 116 cm³/mol. The molecule has 6 nitrogen and oxygen atoms in total. The van der Waals surface area contributed by atoms with Gasteiger partial charge in [-0.2, -0.15) is 14.6 Å². The summed E-state index contributed by atoms with van der Waals surface area (Å²) in [4.78, 5) is 10.9. The summed E-state index contributed by atoms with van der Waals surface area (Å²) in [5, 5.41) is 4.35. The van der Waals surface area contributed by atoms with Gasteiger partial charge in [-0.25, -0.2) is 4.98 Å². The van der Waals surface area contributed by atoms with Crippen LogP contribution in [0, 0.1) is 5.92 Å². The first kappa shape index (κ1) is 19.7. The third kappa shape index (κ3) is 4.21. The van der Waals surface area contributed by atoms with E-state index in [2.05, 4.69) is 58.9 Å². The summed E-state index contributed by atoms with van der Waals surface area (Å²) in [5.41, 5.74) is 2.79. The van der Waals surface area contributed by atoms with E-state index in [0.29, 0.717) is 24.3 Å². The predicted octanol–water partition coefficient (Wildman–Crippen LogP) is 4.32. The van der Waals surface area contributed by atoms with Crippen molar-refractivity contribution in [2.45, 2.75) is 58.9 Å². The minimum atomic E-state index is 0.328. The molecule has 0 bridgehead atoms. The molecule has 0 saturated carbocycles. The van der Waals surface area contributed by atoms with Crippen LogP contribution in [0.1, 0.15) is 51.2 Å². The third-order valence-corrected chi connectivity index (χ3v) is 5.84. The lowest BCUT2D eigenvalue weighted by atomic mass is 9.96.